The Morgan fingerprint density at radius 3 is 2.62 bits per heavy atom. The van der Waals surface area contributed by atoms with E-state index in [1.807, 2.05) is 43.4 Å². The molecule has 3 aromatic carbocycles. The highest BCUT2D eigenvalue weighted by molar-refractivity contribution is 7.90. The zero-order valence-corrected chi connectivity index (χ0v) is 27.6. The Labute approximate surface area is 277 Å². The third-order valence-corrected chi connectivity index (χ3v) is 8.56. The Bertz CT molecular complexity index is 1970. The van der Waals surface area contributed by atoms with Crippen molar-refractivity contribution in [3.63, 3.8) is 0 Å². The molecular formula is C34H35ClFN5O5S. The first-order chi connectivity index (χ1) is 22.5. The van der Waals surface area contributed by atoms with Gasteiger partial charge in [-0.1, -0.05) is 23.7 Å². The van der Waals surface area contributed by atoms with Gasteiger partial charge < -0.3 is 24.7 Å². The number of carbonyl (C=O) groups excluding carboxylic acids is 1. The highest BCUT2D eigenvalue weighted by Gasteiger charge is 2.14. The number of anilines is 2. The van der Waals surface area contributed by atoms with Gasteiger partial charge in [0.05, 0.1) is 22.8 Å². The molecule has 13 heteroatoms. The van der Waals surface area contributed by atoms with Gasteiger partial charge in [-0.3, -0.25) is 4.79 Å². The summed E-state index contributed by atoms with van der Waals surface area (Å²) in [4.78, 5) is 21.1. The molecule has 246 valence electrons. The van der Waals surface area contributed by atoms with Crippen LogP contribution in [0, 0.1) is 5.82 Å². The van der Waals surface area contributed by atoms with Crippen molar-refractivity contribution in [3.8, 4) is 17.1 Å². The number of nitrogens with zero attached hydrogens (tertiary/aromatic N) is 3. The van der Waals surface area contributed by atoms with Crippen LogP contribution in [0.1, 0.15) is 24.2 Å². The average molecular weight is 680 g/mol. The molecule has 1 fully saturated rings. The highest BCUT2D eigenvalue weighted by Crippen LogP contribution is 2.33. The number of aromatic nitrogens is 2. The number of nitrogens with one attached hydrogen (secondary N) is 2. The van der Waals surface area contributed by atoms with Crippen LogP contribution in [0.2, 0.25) is 5.02 Å². The molecule has 0 radical (unpaired) electrons. The van der Waals surface area contributed by atoms with Crippen LogP contribution in [0.5, 0.6) is 5.75 Å². The van der Waals surface area contributed by atoms with Gasteiger partial charge in [-0.2, -0.15) is 0 Å². The number of ether oxygens (including phenoxy) is 1. The van der Waals surface area contributed by atoms with E-state index < -0.39 is 9.84 Å². The minimum Gasteiger partial charge on any atom is -0.487 e. The molecule has 0 bridgehead atoms. The van der Waals surface area contributed by atoms with Gasteiger partial charge in [-0.05, 0) is 72.6 Å². The molecule has 1 saturated heterocycles. The van der Waals surface area contributed by atoms with Gasteiger partial charge in [0.15, 0.2) is 0 Å². The van der Waals surface area contributed by atoms with Crippen molar-refractivity contribution in [2.75, 3.05) is 37.5 Å². The van der Waals surface area contributed by atoms with Crippen LogP contribution < -0.4 is 15.4 Å². The minimum absolute atomic E-state index is 0.0664. The summed E-state index contributed by atoms with van der Waals surface area (Å²) in [5.41, 5.74) is 2.99. The SMILES string of the molecule is CN1CCCC1=O.CS(=O)(=O)CCNCc1ccc(-c2ccc3ncnc(Nc4ccc(OCc5cccc(F)c5)c(Cl)c4)c3c2)o1. The first kappa shape index (κ1) is 33.8. The van der Waals surface area contributed by atoms with E-state index in [2.05, 4.69) is 20.6 Å². The molecule has 47 heavy (non-hydrogen) atoms. The third kappa shape index (κ3) is 9.74. The number of halogens is 2. The number of carbonyl (C=O) groups is 1. The van der Waals surface area contributed by atoms with E-state index in [0.29, 0.717) is 58.4 Å². The zero-order chi connectivity index (χ0) is 33.4. The number of hydrogen-bond donors (Lipinski definition) is 2. The summed E-state index contributed by atoms with van der Waals surface area (Å²) >= 11 is 6.47. The maximum Gasteiger partial charge on any atom is 0.222 e. The van der Waals surface area contributed by atoms with Crippen LogP contribution in [-0.4, -0.2) is 61.3 Å². The summed E-state index contributed by atoms with van der Waals surface area (Å²) in [5.74, 6) is 2.46. The Balaban J connectivity index is 0.000000549. The first-order valence-corrected chi connectivity index (χ1v) is 17.4. The molecule has 6 rings (SSSR count). The number of amides is 1. The lowest BCUT2D eigenvalue weighted by Crippen LogP contribution is -2.21. The minimum atomic E-state index is -3.02. The lowest BCUT2D eigenvalue weighted by molar-refractivity contribution is -0.126. The van der Waals surface area contributed by atoms with Crippen LogP contribution in [-0.2, 0) is 27.8 Å². The fourth-order valence-electron chi connectivity index (χ4n) is 4.81. The standard InChI is InChI=1S/C29H26ClFN4O4S.C5H9NO/c1-40(36,37)12-11-32-16-23-7-10-27(39-23)20-5-8-26-24(14-20)29(34-18-33-26)35-22-6-9-28(25(30)15-22)38-17-19-3-2-4-21(31)13-19;1-6-4-2-3-5(6)7/h2-10,13-15,18,32H,11-12,16-17H2,1H3,(H,33,34,35);2-4H2,1H3. The van der Waals surface area contributed by atoms with Gasteiger partial charge in [0, 0.05) is 49.5 Å². The molecule has 3 heterocycles. The van der Waals surface area contributed by atoms with Crippen LogP contribution in [0.15, 0.2) is 83.5 Å². The first-order valence-electron chi connectivity index (χ1n) is 14.9. The summed E-state index contributed by atoms with van der Waals surface area (Å²) in [6.45, 7) is 1.91. The molecule has 0 saturated carbocycles. The summed E-state index contributed by atoms with van der Waals surface area (Å²) in [5, 5.41) is 7.56. The topological polar surface area (TPSA) is 127 Å². The quantitative estimate of drug-likeness (QED) is 0.153. The summed E-state index contributed by atoms with van der Waals surface area (Å²) in [7, 11) is -1.18. The molecule has 2 aromatic heterocycles. The fourth-order valence-corrected chi connectivity index (χ4v) is 5.56. The second-order valence-corrected chi connectivity index (χ2v) is 13.8. The van der Waals surface area contributed by atoms with Gasteiger partial charge in [0.25, 0.3) is 0 Å². The molecular weight excluding hydrogens is 645 g/mol. The van der Waals surface area contributed by atoms with Gasteiger partial charge in [0.2, 0.25) is 5.91 Å². The summed E-state index contributed by atoms with van der Waals surface area (Å²) < 4.78 is 47.8. The predicted octanol–water partition coefficient (Wildman–Crippen LogP) is 6.38. The molecule has 1 aliphatic rings. The fraction of sp³-hybridized carbons (Fsp3) is 0.265. The van der Waals surface area contributed by atoms with Crippen LogP contribution in [0.3, 0.4) is 0 Å². The maximum atomic E-state index is 13.4. The van der Waals surface area contributed by atoms with Gasteiger partial charge in [0.1, 0.15) is 51.7 Å². The number of furan rings is 1. The second kappa shape index (κ2) is 15.4. The number of benzene rings is 3. The molecule has 10 nitrogen and oxygen atoms in total. The molecule has 2 N–H and O–H groups in total. The number of sulfone groups is 1. The lowest BCUT2D eigenvalue weighted by Gasteiger charge is -2.12. The number of fused-ring (bicyclic) bond motifs is 1. The average Bonchev–Trinajstić information content (AvgIpc) is 3.67. The normalized spacial score (nSPS) is 13.0. The molecule has 0 unspecified atom stereocenters. The molecule has 0 spiro atoms. The van der Waals surface area contributed by atoms with Crippen molar-refractivity contribution in [2.24, 2.45) is 0 Å². The number of hydrogen-bond acceptors (Lipinski definition) is 9. The van der Waals surface area contributed by atoms with Crippen molar-refractivity contribution in [3.05, 3.63) is 101 Å². The summed E-state index contributed by atoms with van der Waals surface area (Å²) in [6, 6.07) is 21.0. The lowest BCUT2D eigenvalue weighted by atomic mass is 10.1. The van der Waals surface area contributed by atoms with E-state index in [4.69, 9.17) is 20.8 Å². The zero-order valence-electron chi connectivity index (χ0n) is 26.0. The van der Waals surface area contributed by atoms with E-state index in [9.17, 15) is 17.6 Å². The van der Waals surface area contributed by atoms with Crippen LogP contribution >= 0.6 is 11.6 Å². The largest absolute Gasteiger partial charge is 0.487 e. The molecule has 5 aromatic rings. The smallest absolute Gasteiger partial charge is 0.222 e. The van der Waals surface area contributed by atoms with E-state index in [1.165, 1.54) is 24.7 Å². The Morgan fingerprint density at radius 1 is 1.06 bits per heavy atom. The second-order valence-electron chi connectivity index (χ2n) is 11.1. The van der Waals surface area contributed by atoms with Gasteiger partial charge in [-0.15, -0.1) is 0 Å². The third-order valence-electron chi connectivity index (χ3n) is 7.32. The van der Waals surface area contributed by atoms with Crippen molar-refractivity contribution in [2.45, 2.75) is 26.0 Å². The molecule has 1 aliphatic heterocycles. The van der Waals surface area contributed by atoms with E-state index in [1.54, 1.807) is 29.2 Å². The van der Waals surface area contributed by atoms with E-state index >= 15 is 0 Å². The molecule has 0 atom stereocenters. The van der Waals surface area contributed by atoms with Crippen molar-refractivity contribution < 1.29 is 26.8 Å². The monoisotopic (exact) mass is 679 g/mol. The Hall–Kier alpha value is -4.52. The van der Waals surface area contributed by atoms with Gasteiger partial charge in [-0.25, -0.2) is 22.8 Å². The van der Waals surface area contributed by atoms with Crippen molar-refractivity contribution >= 4 is 49.8 Å². The van der Waals surface area contributed by atoms with E-state index in [0.717, 1.165) is 35.9 Å². The number of rotatable bonds is 11. The van der Waals surface area contributed by atoms with Crippen molar-refractivity contribution in [1.82, 2.24) is 20.2 Å². The maximum absolute atomic E-state index is 13.4. The van der Waals surface area contributed by atoms with Gasteiger partial charge >= 0.3 is 0 Å². The van der Waals surface area contributed by atoms with E-state index in [-0.39, 0.29) is 18.2 Å². The Kier molecular flexibility index (Phi) is 11.1. The summed E-state index contributed by atoms with van der Waals surface area (Å²) in [6.07, 6.45) is 4.50. The molecule has 1 amide bonds. The number of likely N-dealkylation sites (tertiary alicyclic amines) is 1. The van der Waals surface area contributed by atoms with Crippen LogP contribution in [0.25, 0.3) is 22.2 Å². The Morgan fingerprint density at radius 2 is 1.91 bits per heavy atom. The molecule has 0 aliphatic carbocycles. The van der Waals surface area contributed by atoms with Crippen LogP contribution in [0.4, 0.5) is 15.9 Å². The van der Waals surface area contributed by atoms with Crippen molar-refractivity contribution in [1.29, 1.82) is 0 Å². The highest BCUT2D eigenvalue weighted by atomic mass is 35.5. The predicted molar refractivity (Wildman–Crippen MR) is 181 cm³/mol.